The Labute approximate surface area is 104 Å². The lowest BCUT2D eigenvalue weighted by atomic mass is 9.99. The monoisotopic (exact) mass is 262 g/mol. The van der Waals surface area contributed by atoms with E-state index in [0.29, 0.717) is 0 Å². The zero-order valence-corrected chi connectivity index (χ0v) is 11.7. The van der Waals surface area contributed by atoms with Crippen LogP contribution in [0.15, 0.2) is 0 Å². The van der Waals surface area contributed by atoms with Crippen LogP contribution in [0, 0.1) is 5.41 Å². The Morgan fingerprint density at radius 3 is 0.917 bits per heavy atom. The Morgan fingerprint density at radius 1 is 0.750 bits per heavy atom. The number of hydrogen-bond acceptors (Lipinski definition) is 5. The standard InChI is InChI=1S/C5H12S4.C2H6S/c6-1-5(2-7,3-8)4-9;1-2-3/h6-9H,1-4H2;3H,2H2,1H3. The molecule has 0 saturated heterocycles. The molecule has 0 atom stereocenters. The summed E-state index contributed by atoms with van der Waals surface area (Å²) in [6.45, 7) is 1.99. The van der Waals surface area contributed by atoms with E-state index in [1.165, 1.54) is 0 Å². The molecule has 0 aliphatic rings. The van der Waals surface area contributed by atoms with Crippen LogP contribution in [0.2, 0.25) is 0 Å². The Kier molecular flexibility index (Phi) is 14.6. The van der Waals surface area contributed by atoms with Crippen molar-refractivity contribution in [3.63, 3.8) is 0 Å². The molecular weight excluding hydrogens is 244 g/mol. The summed E-state index contributed by atoms with van der Waals surface area (Å²) in [5.41, 5.74) is 0.123. The van der Waals surface area contributed by atoms with Crippen LogP contribution in [-0.2, 0) is 0 Å². The van der Waals surface area contributed by atoms with E-state index in [2.05, 4.69) is 63.1 Å². The van der Waals surface area contributed by atoms with Gasteiger partial charge in [0.2, 0.25) is 0 Å². The summed E-state index contributed by atoms with van der Waals surface area (Å²) in [6.07, 6.45) is 0. The first kappa shape index (κ1) is 16.2. The summed E-state index contributed by atoms with van der Waals surface area (Å²) in [5, 5.41) is 0. The maximum Gasteiger partial charge on any atom is 0.00550 e. The molecule has 0 saturated carbocycles. The van der Waals surface area contributed by atoms with Crippen LogP contribution in [0.3, 0.4) is 0 Å². The molecule has 0 N–H and O–H groups in total. The van der Waals surface area contributed by atoms with Crippen molar-refractivity contribution in [3.8, 4) is 0 Å². The van der Waals surface area contributed by atoms with Crippen molar-refractivity contribution in [3.05, 3.63) is 0 Å². The van der Waals surface area contributed by atoms with Gasteiger partial charge in [-0.3, -0.25) is 0 Å². The van der Waals surface area contributed by atoms with Crippen molar-refractivity contribution in [2.75, 3.05) is 28.8 Å². The van der Waals surface area contributed by atoms with Crippen LogP contribution in [0.1, 0.15) is 6.92 Å². The summed E-state index contributed by atoms with van der Waals surface area (Å²) in [5.74, 6) is 4.18. The maximum atomic E-state index is 4.19. The number of rotatable bonds is 4. The second-order valence-corrected chi connectivity index (χ2v) is 4.35. The van der Waals surface area contributed by atoms with Gasteiger partial charge in [-0.1, -0.05) is 6.92 Å². The lowest BCUT2D eigenvalue weighted by Gasteiger charge is -2.25. The highest BCUT2D eigenvalue weighted by Gasteiger charge is 2.22. The van der Waals surface area contributed by atoms with Crippen LogP contribution in [0.4, 0.5) is 0 Å². The van der Waals surface area contributed by atoms with Gasteiger partial charge in [0.1, 0.15) is 0 Å². The minimum atomic E-state index is 0.123. The highest BCUT2D eigenvalue weighted by molar-refractivity contribution is 7.83. The molecule has 0 amide bonds. The average molecular weight is 263 g/mol. The molecule has 0 aromatic carbocycles. The maximum absolute atomic E-state index is 4.19. The molecule has 0 fully saturated rings. The summed E-state index contributed by atoms with van der Waals surface area (Å²) in [4.78, 5) is 0. The quantitative estimate of drug-likeness (QED) is 0.473. The topological polar surface area (TPSA) is 0 Å². The molecule has 5 heteroatoms. The Hall–Kier alpha value is 1.75. The zero-order chi connectivity index (χ0) is 10.0. The minimum absolute atomic E-state index is 0.123. The molecule has 0 bridgehead atoms. The normalized spacial score (nSPS) is 10.5. The van der Waals surface area contributed by atoms with Crippen molar-refractivity contribution in [2.45, 2.75) is 6.92 Å². The van der Waals surface area contributed by atoms with Crippen molar-refractivity contribution >= 4 is 63.1 Å². The van der Waals surface area contributed by atoms with Gasteiger partial charge in [0.25, 0.3) is 0 Å². The summed E-state index contributed by atoms with van der Waals surface area (Å²) in [7, 11) is 0. The van der Waals surface area contributed by atoms with Gasteiger partial charge in [-0.25, -0.2) is 0 Å². The average Bonchev–Trinajstić information content (AvgIpc) is 2.11. The van der Waals surface area contributed by atoms with Gasteiger partial charge >= 0.3 is 0 Å². The van der Waals surface area contributed by atoms with Crippen LogP contribution in [0.5, 0.6) is 0 Å². The third-order valence-electron chi connectivity index (χ3n) is 1.34. The molecule has 0 rings (SSSR count). The van der Waals surface area contributed by atoms with Crippen molar-refractivity contribution < 1.29 is 0 Å². The molecular formula is C7H18S5. The SMILES string of the molecule is CCS.SCC(CS)(CS)CS. The van der Waals surface area contributed by atoms with Gasteiger partial charge in [0.05, 0.1) is 0 Å². The van der Waals surface area contributed by atoms with Crippen molar-refractivity contribution in [1.29, 1.82) is 0 Å². The predicted octanol–water partition coefficient (Wildman–Crippen LogP) is 2.63. The van der Waals surface area contributed by atoms with Crippen molar-refractivity contribution in [1.82, 2.24) is 0 Å². The molecule has 0 radical (unpaired) electrons. The first-order valence-corrected chi connectivity index (χ1v) is 6.86. The zero-order valence-electron chi connectivity index (χ0n) is 7.27. The molecule has 0 aliphatic carbocycles. The second-order valence-electron chi connectivity index (χ2n) is 2.45. The molecule has 0 spiro atoms. The molecule has 0 aliphatic heterocycles. The molecule has 0 aromatic heterocycles. The summed E-state index contributed by atoms with van der Waals surface area (Å²) >= 11 is 20.6. The van der Waals surface area contributed by atoms with E-state index < -0.39 is 0 Å². The first-order chi connectivity index (χ1) is 5.66. The Morgan fingerprint density at radius 2 is 0.917 bits per heavy atom. The molecule has 76 valence electrons. The predicted molar refractivity (Wildman–Crippen MR) is 77.4 cm³/mol. The molecule has 0 unspecified atom stereocenters. The van der Waals surface area contributed by atoms with Crippen LogP contribution < -0.4 is 0 Å². The van der Waals surface area contributed by atoms with E-state index in [4.69, 9.17) is 0 Å². The van der Waals surface area contributed by atoms with E-state index in [1.54, 1.807) is 0 Å². The van der Waals surface area contributed by atoms with Crippen LogP contribution in [-0.4, -0.2) is 28.8 Å². The van der Waals surface area contributed by atoms with Crippen molar-refractivity contribution in [2.24, 2.45) is 5.41 Å². The highest BCUT2D eigenvalue weighted by Crippen LogP contribution is 2.23. The fourth-order valence-corrected chi connectivity index (χ4v) is 2.70. The molecule has 0 aromatic rings. The molecule has 12 heavy (non-hydrogen) atoms. The smallest absolute Gasteiger partial charge is 0.00550 e. The van der Waals surface area contributed by atoms with Crippen LogP contribution >= 0.6 is 63.1 Å². The Bertz CT molecular complexity index is 64.4. The molecule has 0 heterocycles. The van der Waals surface area contributed by atoms with Gasteiger partial charge in [0.15, 0.2) is 0 Å². The largest absolute Gasteiger partial charge is 0.180 e. The van der Waals surface area contributed by atoms with Crippen LogP contribution in [0.25, 0.3) is 0 Å². The second kappa shape index (κ2) is 10.8. The summed E-state index contributed by atoms with van der Waals surface area (Å²) in [6, 6.07) is 0. The van der Waals surface area contributed by atoms with Gasteiger partial charge in [-0.05, 0) is 28.8 Å². The fraction of sp³-hybridized carbons (Fsp3) is 1.00. The Balaban J connectivity index is 0. The highest BCUT2D eigenvalue weighted by atomic mass is 32.1. The number of thiol groups is 5. The third-order valence-corrected chi connectivity index (χ3v) is 4.02. The van der Waals surface area contributed by atoms with Gasteiger partial charge < -0.3 is 0 Å². The van der Waals surface area contributed by atoms with E-state index in [0.717, 1.165) is 28.8 Å². The number of hydrogen-bond donors (Lipinski definition) is 5. The van der Waals surface area contributed by atoms with Gasteiger partial charge in [-0.15, -0.1) is 0 Å². The van der Waals surface area contributed by atoms with Gasteiger partial charge in [0, 0.05) is 5.41 Å². The van der Waals surface area contributed by atoms with E-state index in [-0.39, 0.29) is 5.41 Å². The molecule has 0 nitrogen and oxygen atoms in total. The van der Waals surface area contributed by atoms with E-state index in [9.17, 15) is 0 Å². The lowest BCUT2D eigenvalue weighted by molar-refractivity contribution is 0.522. The fourth-order valence-electron chi connectivity index (χ4n) is 0.300. The van der Waals surface area contributed by atoms with Gasteiger partial charge in [-0.2, -0.15) is 63.1 Å². The first-order valence-electron chi connectivity index (χ1n) is 3.70. The van der Waals surface area contributed by atoms with E-state index >= 15 is 0 Å². The minimum Gasteiger partial charge on any atom is -0.180 e. The van der Waals surface area contributed by atoms with E-state index in [1.807, 2.05) is 6.92 Å². The third kappa shape index (κ3) is 7.18. The summed E-state index contributed by atoms with van der Waals surface area (Å²) < 4.78 is 0. The lowest BCUT2D eigenvalue weighted by Crippen LogP contribution is -2.29.